The van der Waals surface area contributed by atoms with Gasteiger partial charge in [-0.3, -0.25) is 9.89 Å². The summed E-state index contributed by atoms with van der Waals surface area (Å²) < 4.78 is 64.1. The monoisotopic (exact) mass is 502 g/mol. The van der Waals surface area contributed by atoms with E-state index in [-0.39, 0.29) is 42.4 Å². The Bertz CT molecular complexity index is 517. The molecule has 2 N–H and O–H groups in total. The van der Waals surface area contributed by atoms with Gasteiger partial charge in [-0.1, -0.05) is 0 Å². The Kier molecular flexibility index (Phi) is 11.2. The first-order valence-corrected chi connectivity index (χ1v) is 9.67. The van der Waals surface area contributed by atoms with Gasteiger partial charge in [-0.2, -0.15) is 13.2 Å². The van der Waals surface area contributed by atoms with Crippen molar-refractivity contribution in [1.29, 1.82) is 0 Å². The number of halogens is 4. The molecule has 12 heteroatoms. The molecule has 0 amide bonds. The van der Waals surface area contributed by atoms with Gasteiger partial charge in [0.25, 0.3) is 0 Å². The van der Waals surface area contributed by atoms with Crippen LogP contribution in [0.5, 0.6) is 0 Å². The molecule has 1 unspecified atom stereocenters. The van der Waals surface area contributed by atoms with Gasteiger partial charge in [0.2, 0.25) is 0 Å². The zero-order valence-electron chi connectivity index (χ0n) is 14.3. The summed E-state index contributed by atoms with van der Waals surface area (Å²) in [5, 5.41) is 6.06. The maximum absolute atomic E-state index is 12.4. The molecule has 150 valence electrons. The minimum Gasteiger partial charge on any atom is -0.379 e. The highest BCUT2D eigenvalue weighted by Crippen LogP contribution is 2.19. The van der Waals surface area contributed by atoms with Gasteiger partial charge in [-0.15, -0.1) is 24.0 Å². The molecule has 1 aliphatic heterocycles. The van der Waals surface area contributed by atoms with Gasteiger partial charge >= 0.3 is 6.18 Å². The number of sulfone groups is 1. The molecule has 0 spiro atoms. The highest BCUT2D eigenvalue weighted by Gasteiger charge is 2.34. The standard InChI is InChI=1S/C13H25F3N4O3S.HI/c1-17-12(18-4-6-23-7-8-24(2,21)22)19-11-3-5-20(9-11)10-13(14,15)16;/h11H,3-10H2,1-2H3,(H2,17,18,19);1H. The molecule has 0 aromatic heterocycles. The Morgan fingerprint density at radius 2 is 2.04 bits per heavy atom. The lowest BCUT2D eigenvalue weighted by molar-refractivity contribution is -0.143. The van der Waals surface area contributed by atoms with Gasteiger partial charge in [0.15, 0.2) is 5.96 Å². The first-order chi connectivity index (χ1) is 11.1. The number of guanidine groups is 1. The lowest BCUT2D eigenvalue weighted by Crippen LogP contribution is -2.46. The molecular formula is C13H26F3IN4O3S. The molecule has 1 fully saturated rings. The van der Waals surface area contributed by atoms with E-state index in [4.69, 9.17) is 4.74 Å². The molecule has 1 atom stereocenters. The van der Waals surface area contributed by atoms with Crippen LogP contribution in [-0.2, 0) is 14.6 Å². The molecular weight excluding hydrogens is 476 g/mol. The Morgan fingerprint density at radius 3 is 2.60 bits per heavy atom. The van der Waals surface area contributed by atoms with E-state index in [1.165, 1.54) is 4.90 Å². The number of hydrogen-bond donors (Lipinski definition) is 2. The fourth-order valence-electron chi connectivity index (χ4n) is 2.29. The zero-order chi connectivity index (χ0) is 18.2. The predicted molar refractivity (Wildman–Crippen MR) is 101 cm³/mol. The van der Waals surface area contributed by atoms with Gasteiger partial charge in [0.05, 0.1) is 25.5 Å². The largest absolute Gasteiger partial charge is 0.401 e. The van der Waals surface area contributed by atoms with Crippen LogP contribution in [0, 0.1) is 0 Å². The maximum atomic E-state index is 12.4. The number of hydrogen-bond acceptors (Lipinski definition) is 5. The molecule has 25 heavy (non-hydrogen) atoms. The van der Waals surface area contributed by atoms with Gasteiger partial charge in [0, 0.05) is 39.0 Å². The summed E-state index contributed by atoms with van der Waals surface area (Å²) in [6, 6.07) is -0.0929. The van der Waals surface area contributed by atoms with Crippen LogP contribution in [0.3, 0.4) is 0 Å². The van der Waals surface area contributed by atoms with Crippen molar-refractivity contribution < 1.29 is 26.3 Å². The second kappa shape index (κ2) is 11.4. The van der Waals surface area contributed by atoms with Gasteiger partial charge in [-0.05, 0) is 6.42 Å². The van der Waals surface area contributed by atoms with E-state index in [0.717, 1.165) is 6.26 Å². The van der Waals surface area contributed by atoms with E-state index in [1.54, 1.807) is 7.05 Å². The highest BCUT2D eigenvalue weighted by molar-refractivity contribution is 14.0. The molecule has 0 aromatic rings. The molecule has 0 saturated carbocycles. The quantitative estimate of drug-likeness (QED) is 0.218. The van der Waals surface area contributed by atoms with E-state index in [0.29, 0.717) is 38.6 Å². The highest BCUT2D eigenvalue weighted by atomic mass is 127. The molecule has 1 heterocycles. The van der Waals surface area contributed by atoms with E-state index in [2.05, 4.69) is 15.6 Å². The number of rotatable bonds is 8. The minimum atomic E-state index is -4.18. The summed E-state index contributed by atoms with van der Waals surface area (Å²) in [6.45, 7) is 0.657. The summed E-state index contributed by atoms with van der Waals surface area (Å²) in [5.74, 6) is 0.456. The van der Waals surface area contributed by atoms with Crippen molar-refractivity contribution in [3.63, 3.8) is 0 Å². The molecule has 0 aromatic carbocycles. The molecule has 1 rings (SSSR count). The summed E-state index contributed by atoms with van der Waals surface area (Å²) in [6.07, 6.45) is -2.43. The van der Waals surface area contributed by atoms with Gasteiger partial charge < -0.3 is 15.4 Å². The summed E-state index contributed by atoms with van der Waals surface area (Å²) >= 11 is 0. The molecule has 1 aliphatic rings. The molecule has 0 aliphatic carbocycles. The second-order valence-corrected chi connectivity index (χ2v) is 7.98. The number of nitrogens with one attached hydrogen (secondary N) is 2. The number of ether oxygens (including phenoxy) is 1. The zero-order valence-corrected chi connectivity index (χ0v) is 17.5. The third-order valence-corrected chi connectivity index (χ3v) is 4.29. The fourth-order valence-corrected chi connectivity index (χ4v) is 2.71. The maximum Gasteiger partial charge on any atom is 0.401 e. The molecule has 0 bridgehead atoms. The van der Waals surface area contributed by atoms with Crippen LogP contribution >= 0.6 is 24.0 Å². The van der Waals surface area contributed by atoms with Crippen molar-refractivity contribution in [2.45, 2.75) is 18.6 Å². The summed E-state index contributed by atoms with van der Waals surface area (Å²) in [5.41, 5.74) is 0. The lowest BCUT2D eigenvalue weighted by Gasteiger charge is -2.19. The van der Waals surface area contributed by atoms with E-state index in [1.807, 2.05) is 0 Å². The Balaban J connectivity index is 0.00000576. The average molecular weight is 502 g/mol. The van der Waals surface area contributed by atoms with Crippen LogP contribution < -0.4 is 10.6 Å². The SMILES string of the molecule is CN=C(NCCOCCS(C)(=O)=O)NC1CCN(CC(F)(F)F)C1.I. The van der Waals surface area contributed by atoms with Crippen LogP contribution in [0.15, 0.2) is 4.99 Å². The Hall–Kier alpha value is -0.340. The van der Waals surface area contributed by atoms with E-state index >= 15 is 0 Å². The minimum absolute atomic E-state index is 0. The third kappa shape index (κ3) is 12.6. The fraction of sp³-hybridized carbons (Fsp3) is 0.923. The first-order valence-electron chi connectivity index (χ1n) is 7.61. The summed E-state index contributed by atoms with van der Waals surface area (Å²) in [7, 11) is -1.46. The predicted octanol–water partition coefficient (Wildman–Crippen LogP) is 0.467. The number of nitrogens with zero attached hydrogens (tertiary/aromatic N) is 2. The van der Waals surface area contributed by atoms with Crippen LogP contribution in [0.25, 0.3) is 0 Å². The van der Waals surface area contributed by atoms with Crippen molar-refractivity contribution in [3.8, 4) is 0 Å². The third-order valence-electron chi connectivity index (χ3n) is 3.38. The normalized spacial score (nSPS) is 19.6. The molecule has 0 radical (unpaired) electrons. The average Bonchev–Trinajstić information content (AvgIpc) is 2.85. The van der Waals surface area contributed by atoms with Gasteiger partial charge in [-0.25, -0.2) is 8.42 Å². The van der Waals surface area contributed by atoms with Crippen LogP contribution in [0.1, 0.15) is 6.42 Å². The van der Waals surface area contributed by atoms with Crippen molar-refractivity contribution in [3.05, 3.63) is 0 Å². The van der Waals surface area contributed by atoms with Crippen molar-refractivity contribution in [2.75, 3.05) is 58.4 Å². The number of likely N-dealkylation sites (tertiary alicyclic amines) is 1. The first kappa shape index (κ1) is 24.7. The summed E-state index contributed by atoms with van der Waals surface area (Å²) in [4.78, 5) is 5.37. The second-order valence-electron chi connectivity index (χ2n) is 5.72. The van der Waals surface area contributed by atoms with Crippen LogP contribution in [-0.4, -0.2) is 89.9 Å². The van der Waals surface area contributed by atoms with E-state index < -0.39 is 22.6 Å². The number of alkyl halides is 3. The Labute approximate surface area is 163 Å². The van der Waals surface area contributed by atoms with Crippen LogP contribution in [0.4, 0.5) is 13.2 Å². The van der Waals surface area contributed by atoms with Crippen molar-refractivity contribution in [2.24, 2.45) is 4.99 Å². The topological polar surface area (TPSA) is 83.0 Å². The smallest absolute Gasteiger partial charge is 0.379 e. The van der Waals surface area contributed by atoms with Crippen molar-refractivity contribution in [1.82, 2.24) is 15.5 Å². The van der Waals surface area contributed by atoms with Gasteiger partial charge in [0.1, 0.15) is 9.84 Å². The van der Waals surface area contributed by atoms with Crippen molar-refractivity contribution >= 4 is 39.8 Å². The lowest BCUT2D eigenvalue weighted by atomic mass is 10.3. The molecule has 1 saturated heterocycles. The van der Waals surface area contributed by atoms with Crippen LogP contribution in [0.2, 0.25) is 0 Å². The molecule has 7 nitrogen and oxygen atoms in total. The van der Waals surface area contributed by atoms with E-state index in [9.17, 15) is 21.6 Å². The Morgan fingerprint density at radius 1 is 1.36 bits per heavy atom. The number of aliphatic imine (C=N–C) groups is 1.